The summed E-state index contributed by atoms with van der Waals surface area (Å²) < 4.78 is 48.2. The molecule has 0 bridgehead atoms. The molecule has 1 N–H and O–H groups in total. The number of rotatable bonds is 4. The Morgan fingerprint density at radius 1 is 1.43 bits per heavy atom. The van der Waals surface area contributed by atoms with Gasteiger partial charge in [-0.05, 0) is 6.92 Å². The predicted molar refractivity (Wildman–Crippen MR) is 44.1 cm³/mol. The lowest BCUT2D eigenvalue weighted by atomic mass is 10.3. The van der Waals surface area contributed by atoms with Gasteiger partial charge in [0, 0.05) is 0 Å². The van der Waals surface area contributed by atoms with Crippen molar-refractivity contribution in [3.63, 3.8) is 0 Å². The number of aryl methyl sites for hydroxylation is 1. The maximum absolute atomic E-state index is 12.4. The average molecular weight is 229 g/mol. The zero-order chi connectivity index (χ0) is 10.8. The molecule has 1 aromatic rings. The van der Waals surface area contributed by atoms with E-state index in [4.69, 9.17) is 0 Å². The van der Waals surface area contributed by atoms with Crippen LogP contribution in [0.15, 0.2) is 0 Å². The summed E-state index contributed by atoms with van der Waals surface area (Å²) in [6.45, 7) is 0.493. The number of hydrogen-bond acceptors (Lipinski definition) is 4. The van der Waals surface area contributed by atoms with E-state index in [1.165, 1.54) is 0 Å². The van der Waals surface area contributed by atoms with Crippen molar-refractivity contribution in [2.45, 2.75) is 19.3 Å². The SMILES string of the molecule is Cc1nnc(NCC(F)(F)C(F)F)s1. The molecule has 8 heteroatoms. The van der Waals surface area contributed by atoms with Crippen LogP contribution in [0.4, 0.5) is 22.7 Å². The summed E-state index contributed by atoms with van der Waals surface area (Å²) in [6, 6.07) is 0. The van der Waals surface area contributed by atoms with Crippen LogP contribution >= 0.6 is 11.3 Å². The highest BCUT2D eigenvalue weighted by atomic mass is 32.1. The Bertz CT molecular complexity index is 301. The molecule has 1 aromatic heterocycles. The molecule has 3 nitrogen and oxygen atoms in total. The van der Waals surface area contributed by atoms with Crippen LogP contribution in [0.3, 0.4) is 0 Å². The highest BCUT2D eigenvalue weighted by Crippen LogP contribution is 2.24. The van der Waals surface area contributed by atoms with Crippen molar-refractivity contribution in [3.8, 4) is 0 Å². The van der Waals surface area contributed by atoms with Crippen LogP contribution in [0.5, 0.6) is 0 Å². The summed E-state index contributed by atoms with van der Waals surface area (Å²) in [6.07, 6.45) is -3.68. The highest BCUT2D eigenvalue weighted by Gasteiger charge is 2.40. The lowest BCUT2D eigenvalue weighted by Crippen LogP contribution is -2.34. The molecule has 0 fully saturated rings. The fraction of sp³-hybridized carbons (Fsp3) is 0.667. The van der Waals surface area contributed by atoms with Crippen LogP contribution < -0.4 is 5.32 Å². The van der Waals surface area contributed by atoms with Crippen molar-refractivity contribution in [2.24, 2.45) is 0 Å². The van der Waals surface area contributed by atoms with Crippen LogP contribution in [0.2, 0.25) is 0 Å². The lowest BCUT2D eigenvalue weighted by molar-refractivity contribution is -0.117. The Hall–Kier alpha value is -0.920. The largest absolute Gasteiger partial charge is 0.354 e. The first-order valence-corrected chi connectivity index (χ1v) is 4.43. The van der Waals surface area contributed by atoms with Gasteiger partial charge in [-0.15, -0.1) is 10.2 Å². The summed E-state index contributed by atoms with van der Waals surface area (Å²) >= 11 is 1.03. The van der Waals surface area contributed by atoms with Gasteiger partial charge in [-0.2, -0.15) is 8.78 Å². The second-order valence-corrected chi connectivity index (χ2v) is 3.72. The third kappa shape index (κ3) is 2.79. The van der Waals surface area contributed by atoms with Gasteiger partial charge in [0.05, 0.1) is 6.54 Å². The molecule has 0 aliphatic carbocycles. The summed E-state index contributed by atoms with van der Waals surface area (Å²) in [4.78, 5) is 0. The number of halogens is 4. The summed E-state index contributed by atoms with van der Waals surface area (Å²) in [5.41, 5.74) is 0. The Labute approximate surface area is 81.2 Å². The van der Waals surface area contributed by atoms with E-state index in [1.807, 2.05) is 0 Å². The third-order valence-corrected chi connectivity index (χ3v) is 2.12. The molecule has 1 heterocycles. The van der Waals surface area contributed by atoms with Crippen molar-refractivity contribution < 1.29 is 17.6 Å². The molecule has 0 unspecified atom stereocenters. The van der Waals surface area contributed by atoms with E-state index < -0.39 is 18.9 Å². The van der Waals surface area contributed by atoms with E-state index in [-0.39, 0.29) is 5.13 Å². The fourth-order valence-electron chi connectivity index (χ4n) is 0.639. The Morgan fingerprint density at radius 3 is 2.50 bits per heavy atom. The van der Waals surface area contributed by atoms with Gasteiger partial charge in [-0.3, -0.25) is 0 Å². The van der Waals surface area contributed by atoms with Crippen LogP contribution in [-0.4, -0.2) is 29.1 Å². The van der Waals surface area contributed by atoms with Gasteiger partial charge in [-0.25, -0.2) is 8.78 Å². The Kier molecular flexibility index (Phi) is 3.25. The van der Waals surface area contributed by atoms with Crippen molar-refractivity contribution in [1.82, 2.24) is 10.2 Å². The van der Waals surface area contributed by atoms with E-state index in [1.54, 1.807) is 6.92 Å². The zero-order valence-corrected chi connectivity index (χ0v) is 7.92. The second kappa shape index (κ2) is 4.07. The minimum Gasteiger partial charge on any atom is -0.354 e. The summed E-state index contributed by atoms with van der Waals surface area (Å²) in [7, 11) is 0. The van der Waals surface area contributed by atoms with Crippen LogP contribution in [-0.2, 0) is 0 Å². The van der Waals surface area contributed by atoms with Gasteiger partial charge in [0.2, 0.25) is 5.13 Å². The molecule has 0 aliphatic rings. The average Bonchev–Trinajstić information content (AvgIpc) is 2.48. The first-order valence-electron chi connectivity index (χ1n) is 3.62. The summed E-state index contributed by atoms with van der Waals surface area (Å²) in [5, 5.41) is 9.79. The molecule has 0 spiro atoms. The van der Waals surface area contributed by atoms with Crippen molar-refractivity contribution in [1.29, 1.82) is 0 Å². The Balaban J connectivity index is 2.48. The number of hydrogen-bond donors (Lipinski definition) is 1. The Morgan fingerprint density at radius 2 is 2.07 bits per heavy atom. The molecule has 0 aromatic carbocycles. The molecule has 0 atom stereocenters. The van der Waals surface area contributed by atoms with Gasteiger partial charge in [-0.1, -0.05) is 11.3 Å². The molecular formula is C6H7F4N3S. The van der Waals surface area contributed by atoms with Gasteiger partial charge in [0.1, 0.15) is 5.01 Å². The standard InChI is InChI=1S/C6H7F4N3S/c1-3-12-13-5(14-3)11-2-6(9,10)4(7)8/h4H,2H2,1H3,(H,11,13). The quantitative estimate of drug-likeness (QED) is 0.804. The molecule has 1 rings (SSSR count). The van der Waals surface area contributed by atoms with Crippen molar-refractivity contribution >= 4 is 16.5 Å². The first-order chi connectivity index (χ1) is 6.42. The fourth-order valence-corrected chi connectivity index (χ4v) is 1.23. The van der Waals surface area contributed by atoms with Crippen LogP contribution in [0.1, 0.15) is 5.01 Å². The predicted octanol–water partition coefficient (Wildman–Crippen LogP) is 2.16. The van der Waals surface area contributed by atoms with E-state index in [0.717, 1.165) is 11.3 Å². The molecule has 14 heavy (non-hydrogen) atoms. The number of aromatic nitrogens is 2. The number of alkyl halides is 4. The number of nitrogens with zero attached hydrogens (tertiary/aromatic N) is 2. The van der Waals surface area contributed by atoms with Crippen molar-refractivity contribution in [3.05, 3.63) is 5.01 Å². The molecule has 0 aliphatic heterocycles. The maximum Gasteiger partial charge on any atom is 0.324 e. The number of anilines is 1. The minimum atomic E-state index is -4.04. The molecule has 0 amide bonds. The van der Waals surface area contributed by atoms with Crippen LogP contribution in [0.25, 0.3) is 0 Å². The van der Waals surface area contributed by atoms with Gasteiger partial charge in [0.25, 0.3) is 0 Å². The van der Waals surface area contributed by atoms with E-state index in [9.17, 15) is 17.6 Å². The summed E-state index contributed by atoms with van der Waals surface area (Å²) in [5.74, 6) is -4.04. The van der Waals surface area contributed by atoms with Gasteiger partial charge in [0.15, 0.2) is 0 Å². The minimum absolute atomic E-state index is 0.114. The zero-order valence-electron chi connectivity index (χ0n) is 7.10. The molecule has 0 saturated heterocycles. The van der Waals surface area contributed by atoms with E-state index in [0.29, 0.717) is 5.01 Å². The van der Waals surface area contributed by atoms with Crippen molar-refractivity contribution in [2.75, 3.05) is 11.9 Å². The van der Waals surface area contributed by atoms with E-state index >= 15 is 0 Å². The number of nitrogens with one attached hydrogen (secondary N) is 1. The monoisotopic (exact) mass is 229 g/mol. The maximum atomic E-state index is 12.4. The van der Waals surface area contributed by atoms with Gasteiger partial charge < -0.3 is 5.32 Å². The molecule has 80 valence electrons. The first kappa shape index (κ1) is 11.2. The van der Waals surface area contributed by atoms with Gasteiger partial charge >= 0.3 is 12.3 Å². The molecular weight excluding hydrogens is 222 g/mol. The molecule has 0 saturated carbocycles. The van der Waals surface area contributed by atoms with E-state index in [2.05, 4.69) is 15.5 Å². The second-order valence-electron chi connectivity index (χ2n) is 2.54. The third-order valence-electron chi connectivity index (χ3n) is 1.32. The smallest absolute Gasteiger partial charge is 0.324 e. The molecule has 0 radical (unpaired) electrons. The highest BCUT2D eigenvalue weighted by molar-refractivity contribution is 7.15. The van der Waals surface area contributed by atoms with Crippen LogP contribution in [0, 0.1) is 6.92 Å². The normalized spacial score (nSPS) is 12.1. The lowest BCUT2D eigenvalue weighted by Gasteiger charge is -2.14. The topological polar surface area (TPSA) is 37.8 Å².